The third kappa shape index (κ3) is 4.23. The highest BCUT2D eigenvalue weighted by atomic mass is 16.2. The van der Waals surface area contributed by atoms with Gasteiger partial charge in [0.15, 0.2) is 0 Å². The summed E-state index contributed by atoms with van der Waals surface area (Å²) in [6.45, 7) is 5.92. The van der Waals surface area contributed by atoms with Gasteiger partial charge in [0.2, 0.25) is 5.91 Å². The first kappa shape index (κ1) is 16.3. The van der Waals surface area contributed by atoms with Crippen molar-refractivity contribution in [2.75, 3.05) is 25.5 Å². The monoisotopic (exact) mass is 303 g/mol. The van der Waals surface area contributed by atoms with Crippen molar-refractivity contribution in [2.24, 2.45) is 11.8 Å². The molecule has 0 radical (unpaired) electrons. The topological polar surface area (TPSA) is 61.4 Å². The van der Waals surface area contributed by atoms with Gasteiger partial charge in [-0.25, -0.2) is 4.79 Å². The van der Waals surface area contributed by atoms with E-state index >= 15 is 0 Å². The molecule has 0 saturated carbocycles. The lowest BCUT2D eigenvalue weighted by Gasteiger charge is -2.35. The number of hydrogen-bond donors (Lipinski definition) is 2. The van der Waals surface area contributed by atoms with Crippen LogP contribution in [-0.2, 0) is 11.2 Å². The van der Waals surface area contributed by atoms with Crippen molar-refractivity contribution in [3.63, 3.8) is 0 Å². The Morgan fingerprint density at radius 2 is 1.82 bits per heavy atom. The number of hydrogen-bond acceptors (Lipinski definition) is 2. The summed E-state index contributed by atoms with van der Waals surface area (Å²) in [6.07, 6.45) is 1.43. The predicted octanol–water partition coefficient (Wildman–Crippen LogP) is 2.48. The molecular weight excluding hydrogens is 278 g/mol. The summed E-state index contributed by atoms with van der Waals surface area (Å²) in [5.74, 6) is 0.980. The van der Waals surface area contributed by atoms with Crippen molar-refractivity contribution < 1.29 is 9.59 Å². The largest absolute Gasteiger partial charge is 0.359 e. The van der Waals surface area contributed by atoms with Gasteiger partial charge in [-0.05, 0) is 29.9 Å². The molecule has 5 nitrogen and oxygen atoms in total. The number of urea groups is 1. The zero-order valence-corrected chi connectivity index (χ0v) is 13.6. The van der Waals surface area contributed by atoms with Crippen LogP contribution in [0.5, 0.6) is 0 Å². The molecule has 1 aliphatic heterocycles. The number of amides is 3. The first-order chi connectivity index (χ1) is 10.5. The van der Waals surface area contributed by atoms with Crippen LogP contribution in [0.3, 0.4) is 0 Å². The van der Waals surface area contributed by atoms with Gasteiger partial charge in [0.1, 0.15) is 0 Å². The average molecular weight is 303 g/mol. The van der Waals surface area contributed by atoms with E-state index in [1.165, 1.54) is 0 Å². The minimum absolute atomic E-state index is 0.0677. The predicted molar refractivity (Wildman–Crippen MR) is 87.7 cm³/mol. The Kier molecular flexibility index (Phi) is 5.41. The van der Waals surface area contributed by atoms with Crippen LogP contribution in [0.4, 0.5) is 10.5 Å². The van der Waals surface area contributed by atoms with Crippen LogP contribution in [-0.4, -0.2) is 37.0 Å². The molecule has 3 amide bonds. The normalized spacial score (nSPS) is 21.3. The van der Waals surface area contributed by atoms with E-state index < -0.39 is 0 Å². The Hall–Kier alpha value is -2.04. The number of para-hydroxylation sites is 1. The van der Waals surface area contributed by atoms with Crippen LogP contribution >= 0.6 is 0 Å². The Balaban J connectivity index is 2.06. The third-order valence-electron chi connectivity index (χ3n) is 4.04. The summed E-state index contributed by atoms with van der Waals surface area (Å²) >= 11 is 0. The van der Waals surface area contributed by atoms with Gasteiger partial charge in [-0.3, -0.25) is 4.79 Å². The second-order valence-corrected chi connectivity index (χ2v) is 6.29. The highest BCUT2D eigenvalue weighted by molar-refractivity contribution is 5.91. The van der Waals surface area contributed by atoms with Gasteiger partial charge in [0.25, 0.3) is 0 Å². The molecule has 22 heavy (non-hydrogen) atoms. The number of carbonyl (C=O) groups is 2. The number of anilines is 1. The van der Waals surface area contributed by atoms with Crippen LogP contribution in [0.1, 0.15) is 25.8 Å². The van der Waals surface area contributed by atoms with Gasteiger partial charge < -0.3 is 15.5 Å². The second-order valence-electron chi connectivity index (χ2n) is 6.29. The zero-order valence-electron chi connectivity index (χ0n) is 13.6. The van der Waals surface area contributed by atoms with Gasteiger partial charge in [-0.1, -0.05) is 32.0 Å². The molecule has 120 valence electrons. The molecule has 0 bridgehead atoms. The summed E-state index contributed by atoms with van der Waals surface area (Å²) in [4.78, 5) is 25.9. The highest BCUT2D eigenvalue weighted by Crippen LogP contribution is 2.22. The highest BCUT2D eigenvalue weighted by Gasteiger charge is 2.25. The van der Waals surface area contributed by atoms with Gasteiger partial charge in [-0.2, -0.15) is 0 Å². The maximum atomic E-state index is 12.5. The molecule has 1 aromatic carbocycles. The fourth-order valence-corrected chi connectivity index (χ4v) is 3.08. The minimum Gasteiger partial charge on any atom is -0.359 e. The molecule has 0 aliphatic carbocycles. The van der Waals surface area contributed by atoms with Gasteiger partial charge >= 0.3 is 6.03 Å². The third-order valence-corrected chi connectivity index (χ3v) is 4.04. The number of likely N-dealkylation sites (tertiary alicyclic amines) is 1. The lowest BCUT2D eigenvalue weighted by molar-refractivity contribution is -0.119. The van der Waals surface area contributed by atoms with E-state index in [1.54, 1.807) is 7.05 Å². The Bertz CT molecular complexity index is 534. The van der Waals surface area contributed by atoms with Crippen LogP contribution in [0, 0.1) is 11.8 Å². The van der Waals surface area contributed by atoms with Crippen molar-refractivity contribution in [3.05, 3.63) is 29.8 Å². The van der Waals surface area contributed by atoms with E-state index in [2.05, 4.69) is 24.5 Å². The second kappa shape index (κ2) is 7.29. The molecule has 1 saturated heterocycles. The Morgan fingerprint density at radius 1 is 1.18 bits per heavy atom. The van der Waals surface area contributed by atoms with E-state index in [9.17, 15) is 9.59 Å². The van der Waals surface area contributed by atoms with Crippen molar-refractivity contribution in [3.8, 4) is 0 Å². The van der Waals surface area contributed by atoms with E-state index in [4.69, 9.17) is 0 Å². The number of likely N-dealkylation sites (N-methyl/N-ethyl adjacent to an activating group) is 1. The van der Waals surface area contributed by atoms with Crippen molar-refractivity contribution in [2.45, 2.75) is 26.7 Å². The Morgan fingerprint density at radius 3 is 2.45 bits per heavy atom. The average Bonchev–Trinajstić information content (AvgIpc) is 2.48. The smallest absolute Gasteiger partial charge is 0.321 e. The number of nitrogens with one attached hydrogen (secondary N) is 2. The fraction of sp³-hybridized carbons (Fsp3) is 0.529. The van der Waals surface area contributed by atoms with E-state index in [0.29, 0.717) is 17.5 Å². The first-order valence-electron chi connectivity index (χ1n) is 7.84. The fourth-order valence-electron chi connectivity index (χ4n) is 3.08. The van der Waals surface area contributed by atoms with Crippen LogP contribution in [0.15, 0.2) is 24.3 Å². The van der Waals surface area contributed by atoms with Crippen molar-refractivity contribution in [1.29, 1.82) is 0 Å². The molecule has 1 heterocycles. The standard InChI is InChI=1S/C17H25N3O2/c1-12-8-13(2)11-20(10-12)17(22)19-15-7-5-4-6-14(15)9-16(21)18-3/h4-7,12-13H,8-11H2,1-3H3,(H,18,21)(H,19,22). The van der Waals surface area contributed by atoms with Crippen LogP contribution in [0.2, 0.25) is 0 Å². The molecule has 0 aromatic heterocycles. The summed E-state index contributed by atoms with van der Waals surface area (Å²) in [6, 6.07) is 7.37. The molecule has 0 spiro atoms. The van der Waals surface area contributed by atoms with Gasteiger partial charge in [-0.15, -0.1) is 0 Å². The van der Waals surface area contributed by atoms with E-state index in [0.717, 1.165) is 25.1 Å². The summed E-state index contributed by atoms with van der Waals surface area (Å²) in [5.41, 5.74) is 1.54. The van der Waals surface area contributed by atoms with Gasteiger partial charge in [0.05, 0.1) is 6.42 Å². The van der Waals surface area contributed by atoms with Crippen LogP contribution in [0.25, 0.3) is 0 Å². The molecule has 2 rings (SSSR count). The van der Waals surface area contributed by atoms with E-state index in [-0.39, 0.29) is 18.4 Å². The number of piperidine rings is 1. The molecule has 2 N–H and O–H groups in total. The maximum absolute atomic E-state index is 12.5. The molecule has 1 aliphatic rings. The Labute approximate surface area is 132 Å². The van der Waals surface area contributed by atoms with Gasteiger partial charge in [0, 0.05) is 25.8 Å². The lowest BCUT2D eigenvalue weighted by atomic mass is 9.92. The van der Waals surface area contributed by atoms with Crippen molar-refractivity contribution in [1.82, 2.24) is 10.2 Å². The molecule has 1 aromatic rings. The zero-order chi connectivity index (χ0) is 16.1. The maximum Gasteiger partial charge on any atom is 0.321 e. The summed E-state index contributed by atoms with van der Waals surface area (Å²) < 4.78 is 0. The SMILES string of the molecule is CNC(=O)Cc1ccccc1NC(=O)N1CC(C)CC(C)C1. The summed E-state index contributed by atoms with van der Waals surface area (Å²) in [5, 5.41) is 5.56. The quantitative estimate of drug-likeness (QED) is 0.901. The van der Waals surface area contributed by atoms with Crippen molar-refractivity contribution >= 4 is 17.6 Å². The molecule has 5 heteroatoms. The van der Waals surface area contributed by atoms with E-state index in [1.807, 2.05) is 29.2 Å². The van der Waals surface area contributed by atoms with Crippen LogP contribution < -0.4 is 10.6 Å². The molecule has 2 atom stereocenters. The number of nitrogens with zero attached hydrogens (tertiary/aromatic N) is 1. The lowest BCUT2D eigenvalue weighted by Crippen LogP contribution is -2.44. The minimum atomic E-state index is -0.0808. The number of benzene rings is 1. The number of rotatable bonds is 3. The molecule has 1 fully saturated rings. The first-order valence-corrected chi connectivity index (χ1v) is 7.84. The number of carbonyl (C=O) groups excluding carboxylic acids is 2. The summed E-state index contributed by atoms with van der Waals surface area (Å²) in [7, 11) is 1.61. The molecular formula is C17H25N3O2. The molecule has 2 unspecified atom stereocenters.